The molecule has 0 fully saturated rings. The molecule has 0 atom stereocenters. The SMILES string of the molecule is Cc1nccnc1N1CCc2ccc(C(=O)O)cc2C1. The van der Waals surface area contributed by atoms with E-state index >= 15 is 0 Å². The lowest BCUT2D eigenvalue weighted by Crippen LogP contribution is -2.32. The van der Waals surface area contributed by atoms with Crippen molar-refractivity contribution in [3.63, 3.8) is 0 Å². The molecule has 102 valence electrons. The Balaban J connectivity index is 1.93. The first kappa shape index (κ1) is 12.6. The predicted octanol–water partition coefficient (Wildman–Crippen LogP) is 2.05. The number of rotatable bonds is 2. The van der Waals surface area contributed by atoms with Gasteiger partial charge in [0.1, 0.15) is 5.82 Å². The Kier molecular flexibility index (Phi) is 3.10. The van der Waals surface area contributed by atoms with Gasteiger partial charge < -0.3 is 10.0 Å². The lowest BCUT2D eigenvalue weighted by molar-refractivity contribution is 0.0696. The highest BCUT2D eigenvalue weighted by molar-refractivity contribution is 5.88. The highest BCUT2D eigenvalue weighted by atomic mass is 16.4. The van der Waals surface area contributed by atoms with Crippen LogP contribution in [0.15, 0.2) is 30.6 Å². The number of hydrogen-bond acceptors (Lipinski definition) is 4. The summed E-state index contributed by atoms with van der Waals surface area (Å²) in [5, 5.41) is 9.08. The lowest BCUT2D eigenvalue weighted by atomic mass is 9.97. The molecule has 1 aliphatic heterocycles. The molecule has 0 amide bonds. The number of anilines is 1. The molecule has 1 aromatic heterocycles. The summed E-state index contributed by atoms with van der Waals surface area (Å²) in [6.45, 7) is 3.49. The maximum absolute atomic E-state index is 11.1. The Morgan fingerprint density at radius 2 is 2.05 bits per heavy atom. The summed E-state index contributed by atoms with van der Waals surface area (Å²) in [4.78, 5) is 21.8. The van der Waals surface area contributed by atoms with Crippen LogP contribution in [0, 0.1) is 6.92 Å². The quantitative estimate of drug-likeness (QED) is 0.903. The van der Waals surface area contributed by atoms with E-state index in [0.717, 1.165) is 30.0 Å². The van der Waals surface area contributed by atoms with Gasteiger partial charge in [0.15, 0.2) is 0 Å². The fourth-order valence-electron chi connectivity index (χ4n) is 2.58. The summed E-state index contributed by atoms with van der Waals surface area (Å²) in [5.41, 5.74) is 3.50. The summed E-state index contributed by atoms with van der Waals surface area (Å²) >= 11 is 0. The van der Waals surface area contributed by atoms with Gasteiger partial charge in [-0.25, -0.2) is 9.78 Å². The van der Waals surface area contributed by atoms with Gasteiger partial charge in [-0.2, -0.15) is 0 Å². The van der Waals surface area contributed by atoms with Gasteiger partial charge in [-0.3, -0.25) is 4.98 Å². The largest absolute Gasteiger partial charge is 0.478 e. The number of aromatic carboxylic acids is 1. The third kappa shape index (κ3) is 2.22. The number of hydrogen-bond donors (Lipinski definition) is 1. The number of carboxylic acids is 1. The van der Waals surface area contributed by atoms with Crippen molar-refractivity contribution < 1.29 is 9.90 Å². The fraction of sp³-hybridized carbons (Fsp3) is 0.267. The van der Waals surface area contributed by atoms with Crippen LogP contribution >= 0.6 is 0 Å². The highest BCUT2D eigenvalue weighted by Crippen LogP contribution is 2.25. The molecule has 2 aromatic rings. The third-order valence-electron chi connectivity index (χ3n) is 3.62. The molecule has 5 heteroatoms. The molecule has 3 rings (SSSR count). The zero-order chi connectivity index (χ0) is 14.1. The van der Waals surface area contributed by atoms with Crippen LogP contribution in [0.25, 0.3) is 0 Å². The average molecular weight is 269 g/mol. The van der Waals surface area contributed by atoms with Gasteiger partial charge >= 0.3 is 5.97 Å². The van der Waals surface area contributed by atoms with Crippen LogP contribution in [-0.4, -0.2) is 27.6 Å². The smallest absolute Gasteiger partial charge is 0.335 e. The zero-order valence-electron chi connectivity index (χ0n) is 11.2. The van der Waals surface area contributed by atoms with E-state index in [9.17, 15) is 4.79 Å². The van der Waals surface area contributed by atoms with Crippen LogP contribution in [0.2, 0.25) is 0 Å². The molecule has 1 aliphatic rings. The Labute approximate surface area is 116 Å². The van der Waals surface area contributed by atoms with E-state index in [1.807, 2.05) is 13.0 Å². The van der Waals surface area contributed by atoms with Crippen LogP contribution in [0.1, 0.15) is 27.2 Å². The second-order valence-corrected chi connectivity index (χ2v) is 4.93. The Morgan fingerprint density at radius 1 is 1.25 bits per heavy atom. The number of aryl methyl sites for hydroxylation is 1. The minimum Gasteiger partial charge on any atom is -0.478 e. The van der Waals surface area contributed by atoms with E-state index in [0.29, 0.717) is 12.1 Å². The number of nitrogens with zero attached hydrogens (tertiary/aromatic N) is 3. The minimum absolute atomic E-state index is 0.335. The standard InChI is InChI=1S/C15H15N3O2/c1-10-14(17-6-5-16-10)18-7-4-11-2-3-12(15(19)20)8-13(11)9-18/h2-3,5-6,8H,4,7,9H2,1H3,(H,19,20). The van der Waals surface area contributed by atoms with E-state index in [2.05, 4.69) is 14.9 Å². The summed E-state index contributed by atoms with van der Waals surface area (Å²) in [6, 6.07) is 5.35. The van der Waals surface area contributed by atoms with Crippen molar-refractivity contribution in [1.29, 1.82) is 0 Å². The number of carboxylic acid groups (broad SMARTS) is 1. The van der Waals surface area contributed by atoms with E-state index in [1.165, 1.54) is 5.56 Å². The summed E-state index contributed by atoms with van der Waals surface area (Å²) in [5.74, 6) is -0.0144. The van der Waals surface area contributed by atoms with E-state index < -0.39 is 5.97 Å². The van der Waals surface area contributed by atoms with Crippen molar-refractivity contribution in [3.05, 3.63) is 53.0 Å². The molecule has 0 radical (unpaired) electrons. The topological polar surface area (TPSA) is 66.3 Å². The Bertz CT molecular complexity index is 670. The first-order valence-corrected chi connectivity index (χ1v) is 6.53. The number of benzene rings is 1. The maximum atomic E-state index is 11.1. The molecule has 0 spiro atoms. The Morgan fingerprint density at radius 3 is 2.80 bits per heavy atom. The molecule has 0 saturated heterocycles. The molecule has 1 N–H and O–H groups in total. The highest BCUT2D eigenvalue weighted by Gasteiger charge is 2.20. The summed E-state index contributed by atoms with van der Waals surface area (Å²) in [7, 11) is 0. The third-order valence-corrected chi connectivity index (χ3v) is 3.62. The van der Waals surface area contributed by atoms with Gasteiger partial charge in [-0.15, -0.1) is 0 Å². The maximum Gasteiger partial charge on any atom is 0.335 e. The van der Waals surface area contributed by atoms with Crippen molar-refractivity contribution in [2.75, 3.05) is 11.4 Å². The van der Waals surface area contributed by atoms with Gasteiger partial charge in [0, 0.05) is 25.5 Å². The van der Waals surface area contributed by atoms with E-state index in [-0.39, 0.29) is 0 Å². The summed E-state index contributed by atoms with van der Waals surface area (Å²) in [6.07, 6.45) is 4.26. The zero-order valence-corrected chi connectivity index (χ0v) is 11.2. The van der Waals surface area contributed by atoms with Gasteiger partial charge in [-0.1, -0.05) is 6.07 Å². The molecule has 0 aliphatic carbocycles. The van der Waals surface area contributed by atoms with Crippen LogP contribution < -0.4 is 4.90 Å². The van der Waals surface area contributed by atoms with Crippen molar-refractivity contribution in [3.8, 4) is 0 Å². The van der Waals surface area contributed by atoms with Gasteiger partial charge in [-0.05, 0) is 36.6 Å². The van der Waals surface area contributed by atoms with Crippen molar-refractivity contribution >= 4 is 11.8 Å². The first-order chi connectivity index (χ1) is 9.65. The monoisotopic (exact) mass is 269 g/mol. The number of carbonyl (C=O) groups is 1. The molecule has 0 bridgehead atoms. The summed E-state index contributed by atoms with van der Waals surface area (Å²) < 4.78 is 0. The van der Waals surface area contributed by atoms with Gasteiger partial charge in [0.05, 0.1) is 11.3 Å². The van der Waals surface area contributed by atoms with Gasteiger partial charge in [0.2, 0.25) is 0 Å². The van der Waals surface area contributed by atoms with Crippen LogP contribution in [0.5, 0.6) is 0 Å². The van der Waals surface area contributed by atoms with Crippen molar-refractivity contribution in [2.24, 2.45) is 0 Å². The van der Waals surface area contributed by atoms with Crippen molar-refractivity contribution in [2.45, 2.75) is 19.9 Å². The van der Waals surface area contributed by atoms with Crippen LogP contribution in [-0.2, 0) is 13.0 Å². The second-order valence-electron chi connectivity index (χ2n) is 4.93. The van der Waals surface area contributed by atoms with Crippen LogP contribution in [0.4, 0.5) is 5.82 Å². The molecular weight excluding hydrogens is 254 g/mol. The fourth-order valence-corrected chi connectivity index (χ4v) is 2.58. The minimum atomic E-state index is -0.888. The molecule has 5 nitrogen and oxygen atoms in total. The molecule has 0 saturated carbocycles. The molecular formula is C15H15N3O2. The average Bonchev–Trinajstić information content (AvgIpc) is 2.46. The normalized spacial score (nSPS) is 13.9. The molecule has 0 unspecified atom stereocenters. The first-order valence-electron chi connectivity index (χ1n) is 6.53. The Hall–Kier alpha value is -2.43. The van der Waals surface area contributed by atoms with Crippen molar-refractivity contribution in [1.82, 2.24) is 9.97 Å². The van der Waals surface area contributed by atoms with E-state index in [1.54, 1.807) is 24.5 Å². The second kappa shape index (κ2) is 4.92. The number of aromatic nitrogens is 2. The van der Waals surface area contributed by atoms with Crippen LogP contribution in [0.3, 0.4) is 0 Å². The number of fused-ring (bicyclic) bond motifs is 1. The molecule has 2 heterocycles. The lowest BCUT2D eigenvalue weighted by Gasteiger charge is -2.30. The van der Waals surface area contributed by atoms with E-state index in [4.69, 9.17) is 5.11 Å². The van der Waals surface area contributed by atoms with Gasteiger partial charge in [0.25, 0.3) is 0 Å². The molecule has 1 aromatic carbocycles. The molecule has 20 heavy (non-hydrogen) atoms. The predicted molar refractivity (Wildman–Crippen MR) is 74.9 cm³/mol.